The lowest BCUT2D eigenvalue weighted by Gasteiger charge is -2.05. The topological polar surface area (TPSA) is 33.0 Å². The molecule has 1 aromatic carbocycles. The van der Waals surface area contributed by atoms with E-state index in [9.17, 15) is 0 Å². The molecule has 3 heteroatoms. The van der Waals surface area contributed by atoms with E-state index in [0.717, 1.165) is 37.4 Å². The highest BCUT2D eigenvalue weighted by Gasteiger charge is 1.96. The lowest BCUT2D eigenvalue weighted by molar-refractivity contribution is 0.317. The van der Waals surface area contributed by atoms with Crippen molar-refractivity contribution in [3.63, 3.8) is 0 Å². The molecule has 0 bridgehead atoms. The average molecular weight is 235 g/mol. The Morgan fingerprint density at radius 1 is 1.31 bits per heavy atom. The van der Waals surface area contributed by atoms with E-state index in [1.807, 2.05) is 12.1 Å². The smallest absolute Gasteiger partial charge is 0.133 e. The molecule has 0 atom stereocenters. The second-order valence-electron chi connectivity index (χ2n) is 3.54. The Labute approximate surface area is 102 Å². The van der Waals surface area contributed by atoms with Crippen molar-refractivity contribution in [3.8, 4) is 11.2 Å². The normalized spacial score (nSPS) is 9.75. The van der Waals surface area contributed by atoms with Gasteiger partial charge in [0.1, 0.15) is 11.2 Å². The summed E-state index contributed by atoms with van der Waals surface area (Å²) in [5.74, 6) is 1.85. The van der Waals surface area contributed by atoms with Crippen LogP contribution in [0.15, 0.2) is 24.3 Å². The molecule has 0 aromatic heterocycles. The van der Waals surface area contributed by atoms with Gasteiger partial charge in [-0.05, 0) is 48.7 Å². The first-order chi connectivity index (χ1) is 7.86. The minimum atomic E-state index is 0.776. The zero-order chi connectivity index (χ0) is 11.6. The van der Waals surface area contributed by atoms with E-state index in [4.69, 9.17) is 10.00 Å². The van der Waals surface area contributed by atoms with E-state index in [2.05, 4.69) is 24.5 Å². The van der Waals surface area contributed by atoms with Gasteiger partial charge in [-0.2, -0.15) is 5.26 Å². The van der Waals surface area contributed by atoms with Gasteiger partial charge >= 0.3 is 0 Å². The minimum Gasteiger partial charge on any atom is -0.494 e. The molecule has 0 heterocycles. The Bertz CT molecular complexity index is 329. The highest BCUT2D eigenvalue weighted by molar-refractivity contribution is 8.03. The van der Waals surface area contributed by atoms with Crippen LogP contribution in [-0.4, -0.2) is 12.4 Å². The number of thioether (sulfide) groups is 1. The molecule has 0 aliphatic heterocycles. The predicted octanol–water partition coefficient (Wildman–Crippen LogP) is 3.62. The van der Waals surface area contributed by atoms with Crippen LogP contribution >= 0.6 is 11.8 Å². The summed E-state index contributed by atoms with van der Waals surface area (Å²) in [4.78, 5) is 0. The summed E-state index contributed by atoms with van der Waals surface area (Å²) >= 11 is 1.32. The number of hydrogen-bond acceptors (Lipinski definition) is 3. The predicted molar refractivity (Wildman–Crippen MR) is 68.6 cm³/mol. The minimum absolute atomic E-state index is 0.776. The molecule has 0 aliphatic rings. The maximum absolute atomic E-state index is 8.38. The molecular weight excluding hydrogens is 218 g/mol. The first kappa shape index (κ1) is 12.9. The zero-order valence-electron chi connectivity index (χ0n) is 9.61. The summed E-state index contributed by atoms with van der Waals surface area (Å²) in [6.45, 7) is 2.87. The van der Waals surface area contributed by atoms with Crippen molar-refractivity contribution in [1.82, 2.24) is 0 Å². The van der Waals surface area contributed by atoms with E-state index in [0.29, 0.717) is 0 Å². The molecule has 1 aromatic rings. The number of thiocyanates is 1. The number of rotatable bonds is 7. The fourth-order valence-corrected chi connectivity index (χ4v) is 1.75. The van der Waals surface area contributed by atoms with E-state index in [1.54, 1.807) is 0 Å². The van der Waals surface area contributed by atoms with Crippen molar-refractivity contribution in [2.75, 3.05) is 12.4 Å². The SMILES string of the molecule is CCCOc1ccc(CCCSC#N)cc1. The first-order valence-corrected chi connectivity index (χ1v) is 6.58. The summed E-state index contributed by atoms with van der Waals surface area (Å²) < 4.78 is 5.51. The molecule has 0 N–H and O–H groups in total. The van der Waals surface area contributed by atoms with Crippen molar-refractivity contribution in [2.45, 2.75) is 26.2 Å². The summed E-state index contributed by atoms with van der Waals surface area (Å²) in [6.07, 6.45) is 3.11. The third kappa shape index (κ3) is 5.09. The van der Waals surface area contributed by atoms with Crippen molar-refractivity contribution in [2.24, 2.45) is 0 Å². The fraction of sp³-hybridized carbons (Fsp3) is 0.462. The molecule has 0 spiro atoms. The van der Waals surface area contributed by atoms with Gasteiger partial charge in [-0.15, -0.1) is 0 Å². The molecule has 0 unspecified atom stereocenters. The average Bonchev–Trinajstić information content (AvgIpc) is 2.33. The molecule has 0 aliphatic carbocycles. The molecule has 0 fully saturated rings. The largest absolute Gasteiger partial charge is 0.494 e. The van der Waals surface area contributed by atoms with Crippen LogP contribution in [0.5, 0.6) is 5.75 Å². The summed E-state index contributed by atoms with van der Waals surface area (Å²) in [5.41, 5.74) is 1.31. The number of hydrogen-bond donors (Lipinski definition) is 0. The number of ether oxygens (including phenoxy) is 1. The Kier molecular flexibility index (Phi) is 6.52. The Morgan fingerprint density at radius 3 is 2.69 bits per heavy atom. The van der Waals surface area contributed by atoms with Gasteiger partial charge in [0.05, 0.1) is 6.61 Å². The highest BCUT2D eigenvalue weighted by Crippen LogP contribution is 2.14. The maximum Gasteiger partial charge on any atom is 0.133 e. The van der Waals surface area contributed by atoms with Gasteiger partial charge in [0.25, 0.3) is 0 Å². The molecule has 0 saturated heterocycles. The second kappa shape index (κ2) is 8.06. The van der Waals surface area contributed by atoms with Crippen LogP contribution in [-0.2, 0) is 6.42 Å². The van der Waals surface area contributed by atoms with Crippen LogP contribution in [0.1, 0.15) is 25.3 Å². The van der Waals surface area contributed by atoms with Gasteiger partial charge in [0.2, 0.25) is 0 Å². The van der Waals surface area contributed by atoms with Crippen molar-refractivity contribution in [1.29, 1.82) is 5.26 Å². The van der Waals surface area contributed by atoms with Crippen LogP contribution in [0.3, 0.4) is 0 Å². The standard InChI is InChI=1S/C13H17NOS/c1-2-9-15-13-7-5-12(6-8-13)4-3-10-16-11-14/h5-8H,2-4,9-10H2,1H3. The summed E-state index contributed by atoms with van der Waals surface area (Å²) in [7, 11) is 0. The quantitative estimate of drug-likeness (QED) is 0.534. The lowest BCUT2D eigenvalue weighted by Crippen LogP contribution is -1.95. The molecule has 0 amide bonds. The molecule has 86 valence electrons. The van der Waals surface area contributed by atoms with Gasteiger partial charge in [-0.3, -0.25) is 0 Å². The van der Waals surface area contributed by atoms with Crippen molar-refractivity contribution < 1.29 is 4.74 Å². The zero-order valence-corrected chi connectivity index (χ0v) is 10.4. The molecule has 16 heavy (non-hydrogen) atoms. The maximum atomic E-state index is 8.38. The molecule has 1 rings (SSSR count). The summed E-state index contributed by atoms with van der Waals surface area (Å²) in [5, 5.41) is 10.5. The van der Waals surface area contributed by atoms with Crippen LogP contribution in [0.4, 0.5) is 0 Å². The van der Waals surface area contributed by atoms with Gasteiger partial charge in [0, 0.05) is 5.75 Å². The highest BCUT2D eigenvalue weighted by atomic mass is 32.2. The number of benzene rings is 1. The molecular formula is C13H17NOS. The van der Waals surface area contributed by atoms with Gasteiger partial charge in [-0.1, -0.05) is 19.1 Å². The number of nitrogens with zero attached hydrogens (tertiary/aromatic N) is 1. The molecule has 0 radical (unpaired) electrons. The number of aryl methyl sites for hydroxylation is 1. The van der Waals surface area contributed by atoms with E-state index in [1.165, 1.54) is 17.3 Å². The second-order valence-corrected chi connectivity index (χ2v) is 4.42. The van der Waals surface area contributed by atoms with Gasteiger partial charge in [0.15, 0.2) is 0 Å². The van der Waals surface area contributed by atoms with E-state index < -0.39 is 0 Å². The van der Waals surface area contributed by atoms with Crippen LogP contribution < -0.4 is 4.74 Å². The third-order valence-corrected chi connectivity index (χ3v) is 2.79. The Balaban J connectivity index is 2.31. The first-order valence-electron chi connectivity index (χ1n) is 5.59. The van der Waals surface area contributed by atoms with E-state index in [-0.39, 0.29) is 0 Å². The van der Waals surface area contributed by atoms with Gasteiger partial charge in [-0.25, -0.2) is 0 Å². The van der Waals surface area contributed by atoms with E-state index >= 15 is 0 Å². The monoisotopic (exact) mass is 235 g/mol. The Hall–Kier alpha value is -1.14. The Morgan fingerprint density at radius 2 is 2.06 bits per heavy atom. The van der Waals surface area contributed by atoms with Crippen LogP contribution in [0.25, 0.3) is 0 Å². The van der Waals surface area contributed by atoms with Crippen molar-refractivity contribution >= 4 is 11.8 Å². The fourth-order valence-electron chi connectivity index (χ4n) is 1.37. The van der Waals surface area contributed by atoms with Crippen molar-refractivity contribution in [3.05, 3.63) is 29.8 Å². The summed E-state index contributed by atoms with van der Waals surface area (Å²) in [6, 6.07) is 8.23. The van der Waals surface area contributed by atoms with Gasteiger partial charge < -0.3 is 4.74 Å². The lowest BCUT2D eigenvalue weighted by atomic mass is 10.1. The third-order valence-electron chi connectivity index (χ3n) is 2.17. The van der Waals surface area contributed by atoms with Crippen LogP contribution in [0, 0.1) is 10.7 Å². The molecule has 0 saturated carbocycles. The molecule has 2 nitrogen and oxygen atoms in total. The number of nitriles is 1. The van der Waals surface area contributed by atoms with Crippen LogP contribution in [0.2, 0.25) is 0 Å².